The molecule has 0 aromatic heterocycles. The van der Waals surface area contributed by atoms with Crippen LogP contribution in [0.5, 0.6) is 0 Å². The van der Waals surface area contributed by atoms with E-state index in [-0.39, 0.29) is 5.78 Å². The minimum absolute atomic E-state index is 0.245. The van der Waals surface area contributed by atoms with Crippen molar-refractivity contribution in [3.63, 3.8) is 0 Å². The summed E-state index contributed by atoms with van der Waals surface area (Å²) in [6, 6.07) is 6.10. The predicted octanol–water partition coefficient (Wildman–Crippen LogP) is 4.77. The summed E-state index contributed by atoms with van der Waals surface area (Å²) in [7, 11) is 0. The van der Waals surface area contributed by atoms with E-state index in [1.54, 1.807) is 0 Å². The fraction of sp³-hybridized carbons (Fsp3) is 0.471. The third kappa shape index (κ3) is 3.10. The van der Waals surface area contributed by atoms with Gasteiger partial charge in [-0.15, -0.1) is 0 Å². The van der Waals surface area contributed by atoms with Crippen LogP contribution in [0, 0.1) is 13.8 Å². The zero-order chi connectivity index (χ0) is 13.0. The molecule has 0 saturated carbocycles. The first-order valence-corrected chi connectivity index (χ1v) is 6.99. The molecule has 1 aromatic rings. The molecule has 0 atom stereocenters. The normalized spacial score (nSPS) is 19.6. The van der Waals surface area contributed by atoms with E-state index in [2.05, 4.69) is 19.1 Å². The van der Waals surface area contributed by atoms with E-state index in [0.29, 0.717) is 0 Å². The predicted molar refractivity (Wildman–Crippen MR) is 76.0 cm³/mol. The molecule has 0 unspecified atom stereocenters. The van der Waals surface area contributed by atoms with Crippen molar-refractivity contribution in [1.29, 1.82) is 0 Å². The molecule has 1 aliphatic rings. The van der Waals surface area contributed by atoms with Crippen LogP contribution < -0.4 is 0 Å². The number of rotatable bonds is 2. The zero-order valence-electron chi connectivity index (χ0n) is 11.5. The standard InChI is InChI=1S/C17H22O/c1-13-10-11-16(14(2)12-13)17(18)15-8-6-4-3-5-7-9-15/h8,10-12H,3-7,9H2,1-2H3/b15-8+. The van der Waals surface area contributed by atoms with Gasteiger partial charge in [-0.3, -0.25) is 4.79 Å². The molecule has 1 aliphatic carbocycles. The number of carbonyl (C=O) groups excluding carboxylic acids is 1. The number of aryl methyl sites for hydroxylation is 2. The van der Waals surface area contributed by atoms with Crippen molar-refractivity contribution in [3.8, 4) is 0 Å². The molecule has 2 rings (SSSR count). The molecule has 0 amide bonds. The lowest BCUT2D eigenvalue weighted by Crippen LogP contribution is -2.07. The Bertz CT molecular complexity index is 468. The molecular formula is C17H22O. The smallest absolute Gasteiger partial charge is 0.188 e. The van der Waals surface area contributed by atoms with Gasteiger partial charge in [-0.2, -0.15) is 0 Å². The van der Waals surface area contributed by atoms with Gasteiger partial charge in [0, 0.05) is 5.56 Å². The molecule has 1 heteroatoms. The van der Waals surface area contributed by atoms with Crippen molar-refractivity contribution in [1.82, 2.24) is 0 Å². The molecule has 0 fully saturated rings. The summed E-state index contributed by atoms with van der Waals surface area (Å²) in [5.74, 6) is 0.245. The van der Waals surface area contributed by atoms with Gasteiger partial charge in [-0.25, -0.2) is 0 Å². The SMILES string of the molecule is Cc1ccc(C(=O)/C2=C/CCCCCC2)c(C)c1. The molecule has 96 valence electrons. The molecule has 0 N–H and O–H groups in total. The topological polar surface area (TPSA) is 17.1 Å². The zero-order valence-corrected chi connectivity index (χ0v) is 11.5. The Labute approximate surface area is 110 Å². The third-order valence-corrected chi connectivity index (χ3v) is 3.71. The second kappa shape index (κ2) is 5.99. The number of Topliss-reactive ketones (excluding diaryl/α,β-unsaturated/α-hetero) is 1. The van der Waals surface area contributed by atoms with Gasteiger partial charge in [0.05, 0.1) is 0 Å². The fourth-order valence-electron chi connectivity index (χ4n) is 2.64. The molecule has 0 bridgehead atoms. The largest absolute Gasteiger partial charge is 0.289 e. The lowest BCUT2D eigenvalue weighted by molar-refractivity contribution is 0.102. The summed E-state index contributed by atoms with van der Waals surface area (Å²) in [6.07, 6.45) is 9.13. The Morgan fingerprint density at radius 3 is 2.61 bits per heavy atom. The van der Waals surface area contributed by atoms with Crippen LogP contribution in [-0.2, 0) is 0 Å². The number of benzene rings is 1. The van der Waals surface area contributed by atoms with Crippen molar-refractivity contribution >= 4 is 5.78 Å². The van der Waals surface area contributed by atoms with Gasteiger partial charge in [0.25, 0.3) is 0 Å². The molecular weight excluding hydrogens is 220 g/mol. The summed E-state index contributed by atoms with van der Waals surface area (Å²) >= 11 is 0. The number of ketones is 1. The highest BCUT2D eigenvalue weighted by Crippen LogP contribution is 2.22. The summed E-state index contributed by atoms with van der Waals surface area (Å²) in [4.78, 5) is 12.5. The first-order valence-electron chi connectivity index (χ1n) is 6.99. The Morgan fingerprint density at radius 1 is 1.06 bits per heavy atom. The number of hydrogen-bond donors (Lipinski definition) is 0. The molecule has 1 aromatic carbocycles. The van der Waals surface area contributed by atoms with E-state index in [1.807, 2.05) is 19.1 Å². The second-order valence-corrected chi connectivity index (χ2v) is 5.33. The third-order valence-electron chi connectivity index (χ3n) is 3.71. The molecule has 1 nitrogen and oxygen atoms in total. The van der Waals surface area contributed by atoms with Gasteiger partial charge in [-0.1, -0.05) is 42.7 Å². The molecule has 0 spiro atoms. The van der Waals surface area contributed by atoms with Crippen molar-refractivity contribution in [3.05, 3.63) is 46.5 Å². The summed E-state index contributed by atoms with van der Waals surface area (Å²) in [5, 5.41) is 0. The average Bonchev–Trinajstić information content (AvgIpc) is 2.27. The highest BCUT2D eigenvalue weighted by atomic mass is 16.1. The van der Waals surface area contributed by atoms with Crippen LogP contribution in [0.1, 0.15) is 60.0 Å². The van der Waals surface area contributed by atoms with Crippen molar-refractivity contribution in [2.75, 3.05) is 0 Å². The second-order valence-electron chi connectivity index (χ2n) is 5.33. The van der Waals surface area contributed by atoms with Crippen LogP contribution >= 0.6 is 0 Å². The van der Waals surface area contributed by atoms with Gasteiger partial charge >= 0.3 is 0 Å². The maximum absolute atomic E-state index is 12.5. The van der Waals surface area contributed by atoms with Gasteiger partial charge < -0.3 is 0 Å². The maximum atomic E-state index is 12.5. The average molecular weight is 242 g/mol. The number of allylic oxidation sites excluding steroid dienone is 2. The maximum Gasteiger partial charge on any atom is 0.188 e. The van der Waals surface area contributed by atoms with Gasteiger partial charge in [0.2, 0.25) is 0 Å². The number of hydrogen-bond acceptors (Lipinski definition) is 1. The van der Waals surface area contributed by atoms with Crippen LogP contribution in [-0.4, -0.2) is 5.78 Å². The van der Waals surface area contributed by atoms with E-state index < -0.39 is 0 Å². The minimum Gasteiger partial charge on any atom is -0.289 e. The van der Waals surface area contributed by atoms with Crippen molar-refractivity contribution in [2.24, 2.45) is 0 Å². The van der Waals surface area contributed by atoms with E-state index in [4.69, 9.17) is 0 Å². The molecule has 0 saturated heterocycles. The van der Waals surface area contributed by atoms with Crippen LogP contribution in [0.3, 0.4) is 0 Å². The Balaban J connectivity index is 2.23. The lowest BCUT2D eigenvalue weighted by Gasteiger charge is -2.12. The summed E-state index contributed by atoms with van der Waals surface area (Å²) in [5.41, 5.74) is 4.23. The fourth-order valence-corrected chi connectivity index (χ4v) is 2.64. The van der Waals surface area contributed by atoms with Crippen molar-refractivity contribution < 1.29 is 4.79 Å². The summed E-state index contributed by atoms with van der Waals surface area (Å²) in [6.45, 7) is 4.10. The molecule has 18 heavy (non-hydrogen) atoms. The summed E-state index contributed by atoms with van der Waals surface area (Å²) < 4.78 is 0. The van der Waals surface area contributed by atoms with E-state index in [0.717, 1.165) is 36.0 Å². The van der Waals surface area contributed by atoms with E-state index in [9.17, 15) is 4.79 Å². The van der Waals surface area contributed by atoms with Crippen molar-refractivity contribution in [2.45, 2.75) is 52.4 Å². The Morgan fingerprint density at radius 2 is 1.83 bits per heavy atom. The van der Waals surface area contributed by atoms with Crippen LogP contribution in [0.2, 0.25) is 0 Å². The van der Waals surface area contributed by atoms with Gasteiger partial charge in [0.1, 0.15) is 0 Å². The highest BCUT2D eigenvalue weighted by molar-refractivity contribution is 6.09. The van der Waals surface area contributed by atoms with E-state index >= 15 is 0 Å². The van der Waals surface area contributed by atoms with Crippen LogP contribution in [0.15, 0.2) is 29.8 Å². The minimum atomic E-state index is 0.245. The highest BCUT2D eigenvalue weighted by Gasteiger charge is 2.15. The Kier molecular flexibility index (Phi) is 4.35. The Hall–Kier alpha value is -1.37. The molecule has 0 aliphatic heterocycles. The van der Waals surface area contributed by atoms with Gasteiger partial charge in [-0.05, 0) is 50.7 Å². The number of carbonyl (C=O) groups is 1. The van der Waals surface area contributed by atoms with Crippen LogP contribution in [0.25, 0.3) is 0 Å². The van der Waals surface area contributed by atoms with Crippen LogP contribution in [0.4, 0.5) is 0 Å². The molecule has 0 radical (unpaired) electrons. The van der Waals surface area contributed by atoms with Gasteiger partial charge in [0.15, 0.2) is 5.78 Å². The lowest BCUT2D eigenvalue weighted by atomic mass is 9.92. The molecule has 0 heterocycles. The monoisotopic (exact) mass is 242 g/mol. The first kappa shape index (κ1) is 13.1. The first-order chi connectivity index (χ1) is 8.68. The van der Waals surface area contributed by atoms with E-state index in [1.165, 1.54) is 24.8 Å². The quantitative estimate of drug-likeness (QED) is 0.683.